The number of carbonyl (C=O) groups excluding carboxylic acids is 1. The summed E-state index contributed by atoms with van der Waals surface area (Å²) >= 11 is 0. The zero-order valence-corrected chi connectivity index (χ0v) is 7.02. The smallest absolute Gasteiger partial charge is 0.223 e. The Hall–Kier alpha value is -0.280. The molecular weight excluding hydrogens is 152 g/mol. The highest BCUT2D eigenvalue weighted by Crippen LogP contribution is 2.20. The van der Waals surface area contributed by atoms with Gasteiger partial charge in [0.1, 0.15) is 0 Å². The van der Waals surface area contributed by atoms with Crippen molar-refractivity contribution in [2.24, 2.45) is 11.7 Å². The second kappa shape index (κ2) is 3.21. The van der Waals surface area contributed by atoms with Crippen molar-refractivity contribution in [3.63, 3.8) is 0 Å². The van der Waals surface area contributed by atoms with Crippen molar-refractivity contribution >= 4 is 18.3 Å². The molecule has 0 bridgehead atoms. The number of carbonyl (C=O) groups is 1. The highest BCUT2D eigenvalue weighted by atomic mass is 35.5. The maximum atomic E-state index is 10.5. The lowest BCUT2D eigenvalue weighted by Gasteiger charge is -2.41. The van der Waals surface area contributed by atoms with E-state index in [1.165, 1.54) is 0 Å². The van der Waals surface area contributed by atoms with E-state index in [0.29, 0.717) is 6.04 Å². The average Bonchev–Trinajstić information content (AvgIpc) is 1.81. The summed E-state index contributed by atoms with van der Waals surface area (Å²) in [6.07, 6.45) is 0. The summed E-state index contributed by atoms with van der Waals surface area (Å²) in [5.74, 6) is -0.0735. The number of nitrogens with zero attached hydrogens (tertiary/aromatic N) is 1. The molecule has 0 aromatic rings. The van der Waals surface area contributed by atoms with Gasteiger partial charge in [0, 0.05) is 12.6 Å². The lowest BCUT2D eigenvalue weighted by molar-refractivity contribution is -0.129. The normalized spacial score (nSPS) is 32.2. The number of hydrogen-bond acceptors (Lipinski definition) is 2. The molecule has 10 heavy (non-hydrogen) atoms. The van der Waals surface area contributed by atoms with Crippen molar-refractivity contribution in [1.82, 2.24) is 4.90 Å². The Morgan fingerprint density at radius 3 is 2.30 bits per heavy atom. The second-order valence-electron chi connectivity index (χ2n) is 2.69. The molecule has 1 aliphatic rings. The fourth-order valence-corrected chi connectivity index (χ4v) is 1.13. The summed E-state index contributed by atoms with van der Waals surface area (Å²) < 4.78 is 0. The predicted octanol–water partition coefficient (Wildman–Crippen LogP) is -0.156. The lowest BCUT2D eigenvalue weighted by atomic mass is 9.90. The van der Waals surface area contributed by atoms with Crippen molar-refractivity contribution in [3.05, 3.63) is 0 Å². The lowest BCUT2D eigenvalue weighted by Crippen LogP contribution is -2.57. The third-order valence-corrected chi connectivity index (χ3v) is 2.13. The minimum atomic E-state index is -0.166. The first-order valence-electron chi connectivity index (χ1n) is 3.12. The van der Waals surface area contributed by atoms with Crippen LogP contribution in [0.2, 0.25) is 0 Å². The van der Waals surface area contributed by atoms with E-state index in [-0.39, 0.29) is 24.2 Å². The predicted molar refractivity (Wildman–Crippen MR) is 42.0 cm³/mol. The standard InChI is InChI=1S/C6H12N2O.ClH/c1-4-5(6(7)9)3-8(4)2;/h4-5H,3H2,1-2H3,(H2,7,9);1H. The Kier molecular flexibility index (Phi) is 3.12. The Labute approximate surface area is 67.0 Å². The molecule has 0 aromatic heterocycles. The third kappa shape index (κ3) is 1.41. The fourth-order valence-electron chi connectivity index (χ4n) is 1.13. The van der Waals surface area contributed by atoms with Gasteiger partial charge in [0.15, 0.2) is 0 Å². The number of likely N-dealkylation sites (tertiary alicyclic amines) is 1. The van der Waals surface area contributed by atoms with Crippen LogP contribution in [0.25, 0.3) is 0 Å². The number of rotatable bonds is 1. The summed E-state index contributed by atoms with van der Waals surface area (Å²) in [6.45, 7) is 2.84. The van der Waals surface area contributed by atoms with Crippen LogP contribution in [-0.4, -0.2) is 30.4 Å². The fraction of sp³-hybridized carbons (Fsp3) is 0.833. The average molecular weight is 165 g/mol. The van der Waals surface area contributed by atoms with E-state index >= 15 is 0 Å². The molecule has 3 nitrogen and oxygen atoms in total. The van der Waals surface area contributed by atoms with Gasteiger partial charge in [-0.2, -0.15) is 0 Å². The number of amides is 1. The van der Waals surface area contributed by atoms with Crippen LogP contribution in [-0.2, 0) is 4.79 Å². The van der Waals surface area contributed by atoms with Gasteiger partial charge in [-0.15, -0.1) is 12.4 Å². The van der Waals surface area contributed by atoms with Gasteiger partial charge in [-0.3, -0.25) is 4.79 Å². The summed E-state index contributed by atoms with van der Waals surface area (Å²) in [5.41, 5.74) is 5.08. The summed E-state index contributed by atoms with van der Waals surface area (Å²) in [7, 11) is 1.99. The Morgan fingerprint density at radius 1 is 1.70 bits per heavy atom. The van der Waals surface area contributed by atoms with Gasteiger partial charge < -0.3 is 10.6 Å². The molecule has 0 radical (unpaired) electrons. The van der Waals surface area contributed by atoms with E-state index in [4.69, 9.17) is 5.73 Å². The highest BCUT2D eigenvalue weighted by molar-refractivity contribution is 5.85. The highest BCUT2D eigenvalue weighted by Gasteiger charge is 2.36. The van der Waals surface area contributed by atoms with E-state index in [1.807, 2.05) is 14.0 Å². The zero-order valence-electron chi connectivity index (χ0n) is 6.20. The molecule has 2 unspecified atom stereocenters. The van der Waals surface area contributed by atoms with Crippen LogP contribution in [0, 0.1) is 5.92 Å². The Morgan fingerprint density at radius 2 is 2.20 bits per heavy atom. The number of hydrogen-bond donors (Lipinski definition) is 1. The van der Waals surface area contributed by atoms with Crippen LogP contribution in [0.3, 0.4) is 0 Å². The Bertz CT molecular complexity index is 140. The van der Waals surface area contributed by atoms with Gasteiger partial charge in [0.25, 0.3) is 0 Å². The summed E-state index contributed by atoms with van der Waals surface area (Å²) in [4.78, 5) is 12.6. The molecule has 1 fully saturated rings. The van der Waals surface area contributed by atoms with Crippen molar-refractivity contribution in [2.45, 2.75) is 13.0 Å². The molecule has 2 N–H and O–H groups in total. The molecule has 0 aliphatic carbocycles. The molecule has 1 saturated heterocycles. The number of primary amides is 1. The molecule has 0 aromatic carbocycles. The largest absolute Gasteiger partial charge is 0.369 e. The monoisotopic (exact) mass is 164 g/mol. The molecule has 1 heterocycles. The molecule has 1 amide bonds. The Balaban J connectivity index is 0.000000810. The first-order chi connectivity index (χ1) is 4.13. The van der Waals surface area contributed by atoms with Gasteiger partial charge in [-0.05, 0) is 14.0 Å². The third-order valence-electron chi connectivity index (χ3n) is 2.13. The van der Waals surface area contributed by atoms with Crippen molar-refractivity contribution in [1.29, 1.82) is 0 Å². The van der Waals surface area contributed by atoms with Crippen LogP contribution in [0.5, 0.6) is 0 Å². The second-order valence-corrected chi connectivity index (χ2v) is 2.69. The van der Waals surface area contributed by atoms with Gasteiger partial charge in [-0.1, -0.05) is 0 Å². The molecule has 1 aliphatic heterocycles. The maximum absolute atomic E-state index is 10.5. The quantitative estimate of drug-likeness (QED) is 0.586. The van der Waals surface area contributed by atoms with Crippen molar-refractivity contribution in [2.75, 3.05) is 13.6 Å². The molecular formula is C6H13ClN2O. The minimum absolute atomic E-state index is 0. The zero-order chi connectivity index (χ0) is 7.02. The van der Waals surface area contributed by atoms with Crippen molar-refractivity contribution in [3.8, 4) is 0 Å². The first kappa shape index (κ1) is 9.72. The van der Waals surface area contributed by atoms with E-state index in [9.17, 15) is 4.79 Å². The van der Waals surface area contributed by atoms with Gasteiger partial charge in [0.05, 0.1) is 5.92 Å². The van der Waals surface area contributed by atoms with Crippen LogP contribution in [0.4, 0.5) is 0 Å². The van der Waals surface area contributed by atoms with E-state index in [1.54, 1.807) is 0 Å². The van der Waals surface area contributed by atoms with E-state index in [0.717, 1.165) is 6.54 Å². The SMILES string of the molecule is CC1C(C(N)=O)CN1C.Cl. The minimum Gasteiger partial charge on any atom is -0.369 e. The van der Waals surface area contributed by atoms with E-state index < -0.39 is 0 Å². The summed E-state index contributed by atoms with van der Waals surface area (Å²) in [5, 5.41) is 0. The van der Waals surface area contributed by atoms with Crippen LogP contribution >= 0.6 is 12.4 Å². The summed E-state index contributed by atoms with van der Waals surface area (Å²) in [6, 6.07) is 0.350. The molecule has 60 valence electrons. The topological polar surface area (TPSA) is 46.3 Å². The maximum Gasteiger partial charge on any atom is 0.223 e. The number of nitrogens with two attached hydrogens (primary N) is 1. The van der Waals surface area contributed by atoms with Crippen LogP contribution in [0.1, 0.15) is 6.92 Å². The van der Waals surface area contributed by atoms with Crippen LogP contribution in [0.15, 0.2) is 0 Å². The van der Waals surface area contributed by atoms with Crippen molar-refractivity contribution < 1.29 is 4.79 Å². The molecule has 1 rings (SSSR count). The molecule has 4 heteroatoms. The van der Waals surface area contributed by atoms with Gasteiger partial charge >= 0.3 is 0 Å². The van der Waals surface area contributed by atoms with E-state index in [2.05, 4.69) is 4.90 Å². The molecule has 0 spiro atoms. The molecule has 2 atom stereocenters. The molecule has 0 saturated carbocycles. The van der Waals surface area contributed by atoms with Gasteiger partial charge in [0.2, 0.25) is 5.91 Å². The first-order valence-corrected chi connectivity index (χ1v) is 3.12. The number of halogens is 1. The van der Waals surface area contributed by atoms with Gasteiger partial charge in [-0.25, -0.2) is 0 Å². The van der Waals surface area contributed by atoms with Crippen LogP contribution < -0.4 is 5.73 Å².